The number of phenolic OH excluding ortho intramolecular Hbond substituents is 1. The summed E-state index contributed by atoms with van der Waals surface area (Å²) in [5, 5.41) is 13.9. The van der Waals surface area contributed by atoms with Gasteiger partial charge in [0.1, 0.15) is 23.3 Å². The number of nitrogens with one attached hydrogen (secondary N) is 1. The van der Waals surface area contributed by atoms with Crippen molar-refractivity contribution in [1.82, 2.24) is 15.1 Å². The number of aromatic hydroxyl groups is 1. The van der Waals surface area contributed by atoms with E-state index in [2.05, 4.69) is 28.1 Å². The summed E-state index contributed by atoms with van der Waals surface area (Å²) in [4.78, 5) is 68.7. The van der Waals surface area contributed by atoms with Crippen molar-refractivity contribution in [2.45, 2.75) is 100 Å². The smallest absolute Gasteiger partial charge is 0.329 e. The first-order valence-electron chi connectivity index (χ1n) is 24.0. The second kappa shape index (κ2) is 18.7. The Hall–Kier alpha value is -6.96. The van der Waals surface area contributed by atoms with Crippen LogP contribution in [0.1, 0.15) is 122 Å². The third-order valence-corrected chi connectivity index (χ3v) is 14.6. The van der Waals surface area contributed by atoms with Crippen molar-refractivity contribution in [3.63, 3.8) is 0 Å². The Kier molecular flexibility index (Phi) is 12.3. The molecule has 5 aliphatic rings. The van der Waals surface area contributed by atoms with Gasteiger partial charge in [-0.3, -0.25) is 19.3 Å². The number of nitrogens with zero attached hydrogens (tertiary/aromatic N) is 3. The van der Waals surface area contributed by atoms with Gasteiger partial charge in [0, 0.05) is 18.7 Å². The first-order valence-corrected chi connectivity index (χ1v) is 24.0. The molecule has 3 saturated heterocycles. The fourth-order valence-electron chi connectivity index (χ4n) is 11.5. The van der Waals surface area contributed by atoms with E-state index < -0.39 is 59.5 Å². The molecule has 5 aromatic rings. The number of imide groups is 1. The maximum absolute atomic E-state index is 16.7. The van der Waals surface area contributed by atoms with E-state index in [0.717, 1.165) is 80.1 Å². The maximum Gasteiger partial charge on any atom is 0.329 e. The molecule has 0 radical (unpaired) electrons. The molecule has 5 aromatic carbocycles. The minimum absolute atomic E-state index is 0.0176. The Bertz CT molecular complexity index is 2740. The SMILES string of the molecule is C[C@@H](NC(=O)N1C(=O)[C@@]2(c3cc(C#CC4=CCCCC4)ccc31)[C@H](c1ccc(O)cc1)N1[C@H](c3ccccc3)[C@H](c3ccccc3)OC(=O)[C@H]1[C@@H]2C(=O)N1CCCCCCC1)c1ccccc1. The molecule has 0 saturated carbocycles. The van der Waals surface area contributed by atoms with E-state index in [1.807, 2.05) is 115 Å². The van der Waals surface area contributed by atoms with Crippen LogP contribution in [0.3, 0.4) is 0 Å². The summed E-state index contributed by atoms with van der Waals surface area (Å²) in [6, 6.07) is 37.0. The summed E-state index contributed by atoms with van der Waals surface area (Å²) in [6.45, 7) is 2.80. The molecule has 2 N–H and O–H groups in total. The molecule has 1 spiro atoms. The quantitative estimate of drug-likeness (QED) is 0.129. The van der Waals surface area contributed by atoms with Crippen LogP contribution in [0.5, 0.6) is 5.75 Å². The topological polar surface area (TPSA) is 119 Å². The van der Waals surface area contributed by atoms with Gasteiger partial charge in [0.05, 0.1) is 29.7 Å². The number of morpholine rings is 1. The molecular weight excluding hydrogens is 837 g/mol. The Morgan fingerprint density at radius 3 is 2.06 bits per heavy atom. The number of rotatable bonds is 6. The highest BCUT2D eigenvalue weighted by Gasteiger charge is 2.76. The lowest BCUT2D eigenvalue weighted by Gasteiger charge is -2.46. The molecule has 4 aliphatic heterocycles. The summed E-state index contributed by atoms with van der Waals surface area (Å²) in [5.74, 6) is 3.90. The fraction of sp³-hybridized carbons (Fsp3) is 0.333. The number of cyclic esters (lactones) is 1. The van der Waals surface area contributed by atoms with Crippen molar-refractivity contribution < 1.29 is 29.0 Å². The predicted octanol–water partition coefficient (Wildman–Crippen LogP) is 10.2. The van der Waals surface area contributed by atoms with E-state index in [9.17, 15) is 5.11 Å². The summed E-state index contributed by atoms with van der Waals surface area (Å²) in [5.41, 5.74) is 3.58. The van der Waals surface area contributed by atoms with Crippen molar-refractivity contribution in [1.29, 1.82) is 0 Å². The van der Waals surface area contributed by atoms with E-state index in [-0.39, 0.29) is 11.7 Å². The Labute approximate surface area is 392 Å². The van der Waals surface area contributed by atoms with Gasteiger partial charge < -0.3 is 20.1 Å². The highest BCUT2D eigenvalue weighted by Crippen LogP contribution is 2.66. The third-order valence-electron chi connectivity index (χ3n) is 14.6. The van der Waals surface area contributed by atoms with Crippen LogP contribution in [-0.2, 0) is 24.5 Å². The molecule has 0 aromatic heterocycles. The van der Waals surface area contributed by atoms with Crippen LogP contribution in [0.15, 0.2) is 145 Å². The van der Waals surface area contributed by atoms with Gasteiger partial charge in [0.25, 0.3) is 0 Å². The normalized spacial score (nSPS) is 25.4. The van der Waals surface area contributed by atoms with E-state index >= 15 is 19.2 Å². The molecular formula is C57H56N4O6. The number of carbonyl (C=O) groups is 4. The average Bonchev–Trinajstić information content (AvgIpc) is 3.80. The Morgan fingerprint density at radius 2 is 1.39 bits per heavy atom. The summed E-state index contributed by atoms with van der Waals surface area (Å²) < 4.78 is 6.68. The van der Waals surface area contributed by atoms with Crippen LogP contribution in [0, 0.1) is 17.8 Å². The van der Waals surface area contributed by atoms with Crippen LogP contribution in [0.2, 0.25) is 0 Å². The zero-order valence-electron chi connectivity index (χ0n) is 37.9. The molecule has 3 fully saturated rings. The molecule has 67 heavy (non-hydrogen) atoms. The van der Waals surface area contributed by atoms with Gasteiger partial charge in [0.2, 0.25) is 11.8 Å². The van der Waals surface area contributed by atoms with Gasteiger partial charge in [-0.05, 0) is 109 Å². The number of urea groups is 1. The number of anilines is 1. The molecule has 10 nitrogen and oxygen atoms in total. The second-order valence-corrected chi connectivity index (χ2v) is 18.6. The lowest BCUT2D eigenvalue weighted by atomic mass is 9.64. The number of hydrogen-bond donors (Lipinski definition) is 2. The average molecular weight is 893 g/mol. The van der Waals surface area contributed by atoms with E-state index in [0.29, 0.717) is 35.5 Å². The largest absolute Gasteiger partial charge is 0.508 e. The number of hydrogen-bond acceptors (Lipinski definition) is 7. The zero-order valence-corrected chi connectivity index (χ0v) is 37.9. The number of phenols is 1. The summed E-state index contributed by atoms with van der Waals surface area (Å²) in [7, 11) is 0. The second-order valence-electron chi connectivity index (χ2n) is 18.6. The van der Waals surface area contributed by atoms with Crippen molar-refractivity contribution in [2.24, 2.45) is 5.92 Å². The number of benzene rings is 5. The molecule has 7 atom stereocenters. The van der Waals surface area contributed by atoms with Crippen molar-refractivity contribution in [3.05, 3.63) is 178 Å². The number of allylic oxidation sites excluding steroid dienone is 2. The monoisotopic (exact) mass is 892 g/mol. The van der Waals surface area contributed by atoms with Gasteiger partial charge in [-0.15, -0.1) is 0 Å². The van der Waals surface area contributed by atoms with Crippen LogP contribution < -0.4 is 10.2 Å². The van der Waals surface area contributed by atoms with Crippen LogP contribution in [0.4, 0.5) is 10.5 Å². The Balaban J connectivity index is 1.26. The molecule has 10 heteroatoms. The van der Waals surface area contributed by atoms with Crippen molar-refractivity contribution >= 4 is 29.5 Å². The fourth-order valence-corrected chi connectivity index (χ4v) is 11.5. The number of ether oxygens (including phenoxy) is 1. The van der Waals surface area contributed by atoms with E-state index in [4.69, 9.17) is 4.74 Å². The minimum Gasteiger partial charge on any atom is -0.508 e. The number of likely N-dealkylation sites (tertiary alicyclic amines) is 1. The summed E-state index contributed by atoms with van der Waals surface area (Å²) >= 11 is 0. The number of amides is 4. The number of carbonyl (C=O) groups excluding carboxylic acids is 4. The maximum atomic E-state index is 16.7. The molecule has 340 valence electrons. The minimum atomic E-state index is -1.89. The first kappa shape index (κ1) is 43.9. The first-order chi connectivity index (χ1) is 32.8. The van der Waals surface area contributed by atoms with Gasteiger partial charge in [-0.1, -0.05) is 140 Å². The van der Waals surface area contributed by atoms with Gasteiger partial charge in [-0.25, -0.2) is 9.69 Å². The summed E-state index contributed by atoms with van der Waals surface area (Å²) in [6.07, 6.45) is 9.89. The van der Waals surface area contributed by atoms with Gasteiger partial charge >= 0.3 is 12.0 Å². The van der Waals surface area contributed by atoms with Crippen LogP contribution >= 0.6 is 0 Å². The van der Waals surface area contributed by atoms with Gasteiger partial charge in [0.15, 0.2) is 0 Å². The molecule has 0 bridgehead atoms. The van der Waals surface area contributed by atoms with Crippen molar-refractivity contribution in [2.75, 3.05) is 18.0 Å². The third kappa shape index (κ3) is 7.99. The van der Waals surface area contributed by atoms with Crippen LogP contribution in [0.25, 0.3) is 0 Å². The van der Waals surface area contributed by atoms with Crippen molar-refractivity contribution in [3.8, 4) is 17.6 Å². The molecule has 0 unspecified atom stereocenters. The highest BCUT2D eigenvalue weighted by atomic mass is 16.6. The molecule has 10 rings (SSSR count). The zero-order chi connectivity index (χ0) is 46.1. The number of esters is 1. The molecule has 1 aliphatic carbocycles. The van der Waals surface area contributed by atoms with E-state index in [1.165, 1.54) is 4.90 Å². The lowest BCUT2D eigenvalue weighted by Crippen LogP contribution is -2.57. The van der Waals surface area contributed by atoms with Crippen LogP contribution in [-0.4, -0.2) is 57.9 Å². The highest BCUT2D eigenvalue weighted by molar-refractivity contribution is 6.24. The van der Waals surface area contributed by atoms with E-state index in [1.54, 1.807) is 30.3 Å². The lowest BCUT2D eigenvalue weighted by molar-refractivity contribution is -0.179. The van der Waals surface area contributed by atoms with Gasteiger partial charge in [-0.2, -0.15) is 0 Å². The Morgan fingerprint density at radius 1 is 0.731 bits per heavy atom. The molecule has 4 heterocycles. The standard InChI is InChI=1S/C57H56N4O6/c1-38(41-21-11-6-12-22-41)58-56(66)60-47-34-29-40(28-27-39-19-9-5-10-20-39)37-46(47)57(55(60)65)48(53(63)59-35-17-3-2-4-18-36-59)50-54(64)67-51(43-25-15-8-16-26-43)49(42-23-13-7-14-24-42)61(50)52(57)44-30-32-45(62)33-31-44/h6-8,11-16,19,21-26,29-34,37-38,48-52,62H,2-5,9-10,17-18,20,35-36H2,1H3,(H,58,66)/t38-,48-,49-,50-,51+,52+,57-/m1/s1. The predicted molar refractivity (Wildman–Crippen MR) is 257 cm³/mol. The number of fused-ring (bicyclic) bond motifs is 3. The molecule has 4 amide bonds.